The summed E-state index contributed by atoms with van der Waals surface area (Å²) in [5, 5.41) is 5.02. The summed E-state index contributed by atoms with van der Waals surface area (Å²) in [6.45, 7) is 1.45. The Labute approximate surface area is 114 Å². The highest BCUT2D eigenvalue weighted by molar-refractivity contribution is 6.00. The molecule has 6 heteroatoms. The monoisotopic (exact) mass is 273 g/mol. The normalized spacial score (nSPS) is 9.90. The van der Waals surface area contributed by atoms with Crippen LogP contribution in [0.5, 0.6) is 0 Å². The molecular formula is C14H12FN3O2. The summed E-state index contributed by atoms with van der Waals surface area (Å²) in [6.07, 6.45) is 1.01. The molecule has 2 N–H and O–H groups in total. The molecule has 1 aromatic heterocycles. The van der Waals surface area contributed by atoms with Gasteiger partial charge < -0.3 is 5.32 Å². The molecule has 0 unspecified atom stereocenters. The molecule has 0 aliphatic carbocycles. The smallest absolute Gasteiger partial charge is 0.308 e. The van der Waals surface area contributed by atoms with Crippen LogP contribution in [-0.2, 0) is 0 Å². The van der Waals surface area contributed by atoms with Crippen molar-refractivity contribution in [2.75, 3.05) is 10.6 Å². The van der Waals surface area contributed by atoms with Gasteiger partial charge in [-0.1, -0.05) is 12.1 Å². The number of pyridine rings is 1. The molecule has 20 heavy (non-hydrogen) atoms. The third kappa shape index (κ3) is 3.61. The molecule has 0 aliphatic rings. The lowest BCUT2D eigenvalue weighted by molar-refractivity contribution is 0.101. The SMILES string of the molecule is CC(=O)c1cccc(NC(=O)Nc2ccc(F)cn2)c1. The molecule has 2 aromatic rings. The number of aromatic nitrogens is 1. The molecular weight excluding hydrogens is 261 g/mol. The summed E-state index contributed by atoms with van der Waals surface area (Å²) in [5.74, 6) is -0.342. The largest absolute Gasteiger partial charge is 0.324 e. The second kappa shape index (κ2) is 5.92. The number of benzene rings is 1. The fraction of sp³-hybridized carbons (Fsp3) is 0.0714. The number of urea groups is 1. The molecule has 0 fully saturated rings. The maximum atomic E-state index is 12.7. The van der Waals surface area contributed by atoms with E-state index in [0.717, 1.165) is 6.20 Å². The van der Waals surface area contributed by atoms with Crippen molar-refractivity contribution in [3.05, 3.63) is 54.0 Å². The first-order chi connectivity index (χ1) is 9.54. The number of hydrogen-bond acceptors (Lipinski definition) is 3. The Balaban J connectivity index is 2.02. The minimum atomic E-state index is -0.523. The number of anilines is 2. The minimum Gasteiger partial charge on any atom is -0.308 e. The maximum Gasteiger partial charge on any atom is 0.324 e. The van der Waals surface area contributed by atoms with Gasteiger partial charge >= 0.3 is 6.03 Å². The molecule has 0 bridgehead atoms. The summed E-state index contributed by atoms with van der Waals surface area (Å²) in [4.78, 5) is 26.6. The van der Waals surface area contributed by atoms with Gasteiger partial charge in [-0.25, -0.2) is 14.2 Å². The van der Waals surface area contributed by atoms with Crippen molar-refractivity contribution in [3.63, 3.8) is 0 Å². The van der Waals surface area contributed by atoms with Gasteiger partial charge in [0.25, 0.3) is 0 Å². The third-order valence-electron chi connectivity index (χ3n) is 2.50. The van der Waals surface area contributed by atoms with Crippen molar-refractivity contribution in [3.8, 4) is 0 Å². The first-order valence-corrected chi connectivity index (χ1v) is 5.85. The molecule has 5 nitrogen and oxygen atoms in total. The first-order valence-electron chi connectivity index (χ1n) is 5.85. The molecule has 0 aliphatic heterocycles. The predicted octanol–water partition coefficient (Wildman–Crippen LogP) is 3.07. The maximum absolute atomic E-state index is 12.7. The number of ketones is 1. The van der Waals surface area contributed by atoms with Crippen LogP contribution in [0.4, 0.5) is 20.7 Å². The van der Waals surface area contributed by atoms with Crippen LogP contribution in [-0.4, -0.2) is 16.8 Å². The van der Waals surface area contributed by atoms with Crippen LogP contribution in [0.15, 0.2) is 42.6 Å². The van der Waals surface area contributed by atoms with Crippen LogP contribution in [0, 0.1) is 5.82 Å². The number of halogens is 1. The van der Waals surface area contributed by atoms with E-state index in [9.17, 15) is 14.0 Å². The minimum absolute atomic E-state index is 0.0886. The van der Waals surface area contributed by atoms with Gasteiger partial charge in [0, 0.05) is 11.3 Å². The van der Waals surface area contributed by atoms with Crippen molar-refractivity contribution in [2.24, 2.45) is 0 Å². The summed E-state index contributed by atoms with van der Waals surface area (Å²) in [7, 11) is 0. The zero-order valence-electron chi connectivity index (χ0n) is 10.7. The van der Waals surface area contributed by atoms with E-state index in [1.807, 2.05) is 0 Å². The van der Waals surface area contributed by atoms with Gasteiger partial charge in [0.1, 0.15) is 11.6 Å². The van der Waals surface area contributed by atoms with Crippen molar-refractivity contribution >= 4 is 23.3 Å². The van der Waals surface area contributed by atoms with Crippen molar-refractivity contribution in [2.45, 2.75) is 6.92 Å². The molecule has 0 atom stereocenters. The number of nitrogens with zero attached hydrogens (tertiary/aromatic N) is 1. The Kier molecular flexibility index (Phi) is 4.05. The first kappa shape index (κ1) is 13.7. The Morgan fingerprint density at radius 1 is 1.15 bits per heavy atom. The average Bonchev–Trinajstić information content (AvgIpc) is 2.41. The highest BCUT2D eigenvalue weighted by Gasteiger charge is 2.05. The highest BCUT2D eigenvalue weighted by Crippen LogP contribution is 2.12. The van der Waals surface area contributed by atoms with Crippen LogP contribution in [0.3, 0.4) is 0 Å². The lowest BCUT2D eigenvalue weighted by atomic mass is 10.1. The van der Waals surface area contributed by atoms with Crippen LogP contribution in [0.25, 0.3) is 0 Å². The fourth-order valence-corrected chi connectivity index (χ4v) is 1.54. The number of Topliss-reactive ketones (excluding diaryl/α,β-unsaturated/α-hetero) is 1. The summed E-state index contributed by atoms with van der Waals surface area (Å²) < 4.78 is 12.7. The van der Waals surface area contributed by atoms with E-state index in [2.05, 4.69) is 15.6 Å². The third-order valence-corrected chi connectivity index (χ3v) is 2.50. The van der Waals surface area contributed by atoms with Gasteiger partial charge in [0.2, 0.25) is 0 Å². The Bertz CT molecular complexity index is 641. The van der Waals surface area contributed by atoms with Crippen molar-refractivity contribution in [1.82, 2.24) is 4.98 Å². The van der Waals surface area contributed by atoms with E-state index < -0.39 is 11.8 Å². The van der Waals surface area contributed by atoms with E-state index in [1.54, 1.807) is 24.3 Å². The predicted molar refractivity (Wildman–Crippen MR) is 73.3 cm³/mol. The van der Waals surface area contributed by atoms with Gasteiger partial charge in [-0.05, 0) is 31.2 Å². The number of rotatable bonds is 3. The zero-order chi connectivity index (χ0) is 14.5. The second-order valence-electron chi connectivity index (χ2n) is 4.08. The lowest BCUT2D eigenvalue weighted by Crippen LogP contribution is -2.20. The average molecular weight is 273 g/mol. The highest BCUT2D eigenvalue weighted by atomic mass is 19.1. The van der Waals surface area contributed by atoms with Crippen molar-refractivity contribution in [1.29, 1.82) is 0 Å². The van der Waals surface area contributed by atoms with E-state index in [-0.39, 0.29) is 11.6 Å². The molecule has 102 valence electrons. The number of hydrogen-bond donors (Lipinski definition) is 2. The van der Waals surface area contributed by atoms with E-state index in [0.29, 0.717) is 11.3 Å². The number of nitrogens with one attached hydrogen (secondary N) is 2. The zero-order valence-corrected chi connectivity index (χ0v) is 10.7. The van der Waals surface area contributed by atoms with E-state index >= 15 is 0 Å². The molecule has 0 saturated carbocycles. The molecule has 0 radical (unpaired) electrons. The Morgan fingerprint density at radius 3 is 2.60 bits per heavy atom. The van der Waals surface area contributed by atoms with E-state index in [1.165, 1.54) is 19.1 Å². The molecule has 2 amide bonds. The Morgan fingerprint density at radius 2 is 1.95 bits per heavy atom. The summed E-state index contributed by atoms with van der Waals surface area (Å²) in [5.41, 5.74) is 0.986. The number of carbonyl (C=O) groups excluding carboxylic acids is 2. The van der Waals surface area contributed by atoms with Crippen LogP contribution >= 0.6 is 0 Å². The van der Waals surface area contributed by atoms with Gasteiger partial charge in [-0.15, -0.1) is 0 Å². The lowest BCUT2D eigenvalue weighted by Gasteiger charge is -2.07. The summed E-state index contributed by atoms with van der Waals surface area (Å²) in [6, 6.07) is 8.57. The summed E-state index contributed by atoms with van der Waals surface area (Å²) >= 11 is 0. The number of carbonyl (C=O) groups is 2. The molecule has 1 heterocycles. The van der Waals surface area contributed by atoms with Gasteiger partial charge in [0.05, 0.1) is 6.20 Å². The molecule has 0 saturated heterocycles. The fourth-order valence-electron chi connectivity index (χ4n) is 1.54. The standard InChI is InChI=1S/C14H12FN3O2/c1-9(19)10-3-2-4-12(7-10)17-14(20)18-13-6-5-11(15)8-16-13/h2-8H,1H3,(H2,16,17,18,20). The van der Waals surface area contributed by atoms with Crippen LogP contribution in [0.2, 0.25) is 0 Å². The van der Waals surface area contributed by atoms with Crippen LogP contribution < -0.4 is 10.6 Å². The molecule has 1 aromatic carbocycles. The molecule has 0 spiro atoms. The second-order valence-corrected chi connectivity index (χ2v) is 4.08. The van der Waals surface area contributed by atoms with Gasteiger partial charge in [-0.3, -0.25) is 10.1 Å². The van der Waals surface area contributed by atoms with Gasteiger partial charge in [-0.2, -0.15) is 0 Å². The van der Waals surface area contributed by atoms with Crippen LogP contribution in [0.1, 0.15) is 17.3 Å². The van der Waals surface area contributed by atoms with Crippen molar-refractivity contribution < 1.29 is 14.0 Å². The topological polar surface area (TPSA) is 71.1 Å². The molecule has 2 rings (SSSR count). The Hall–Kier alpha value is -2.76. The quantitative estimate of drug-likeness (QED) is 0.844. The van der Waals surface area contributed by atoms with E-state index in [4.69, 9.17) is 0 Å². The van der Waals surface area contributed by atoms with Gasteiger partial charge in [0.15, 0.2) is 5.78 Å². The number of amides is 2.